The van der Waals surface area contributed by atoms with Gasteiger partial charge in [-0.05, 0) is 55.5 Å². The Balaban J connectivity index is 1.83. The minimum Gasteiger partial charge on any atom is -0.385 e. The number of benzene rings is 1. The van der Waals surface area contributed by atoms with E-state index in [2.05, 4.69) is 24.5 Å². The van der Waals surface area contributed by atoms with Gasteiger partial charge in [-0.15, -0.1) is 0 Å². The predicted octanol–water partition coefficient (Wildman–Crippen LogP) is 2.68. The summed E-state index contributed by atoms with van der Waals surface area (Å²) in [6, 6.07) is 7.87. The third-order valence-corrected chi connectivity index (χ3v) is 3.91. The molecule has 1 aromatic carbocycles. The average Bonchev–Trinajstić information content (AvgIpc) is 3.25. The summed E-state index contributed by atoms with van der Waals surface area (Å²) in [4.78, 5) is 11.6. The van der Waals surface area contributed by atoms with Gasteiger partial charge in [0.1, 0.15) is 0 Å². The van der Waals surface area contributed by atoms with Crippen molar-refractivity contribution in [3.8, 4) is 0 Å². The second kappa shape index (κ2) is 6.75. The molecule has 1 amide bonds. The van der Waals surface area contributed by atoms with Crippen LogP contribution in [0, 0.1) is 17.8 Å². The van der Waals surface area contributed by atoms with Crippen LogP contribution in [0.25, 0.3) is 0 Å². The summed E-state index contributed by atoms with van der Waals surface area (Å²) in [6.45, 7) is 5.95. The molecule has 2 rings (SSSR count). The summed E-state index contributed by atoms with van der Waals surface area (Å²) >= 11 is 0. The molecule has 4 nitrogen and oxygen atoms in total. The van der Waals surface area contributed by atoms with E-state index in [-0.39, 0.29) is 11.8 Å². The lowest BCUT2D eigenvalue weighted by molar-refractivity contribution is -0.117. The van der Waals surface area contributed by atoms with E-state index in [1.807, 2.05) is 24.3 Å². The van der Waals surface area contributed by atoms with Gasteiger partial charge in [0, 0.05) is 23.8 Å². The van der Waals surface area contributed by atoms with Gasteiger partial charge in [0.25, 0.3) is 0 Å². The molecule has 1 aromatic rings. The molecule has 0 aliphatic heterocycles. The normalized spacial score (nSPS) is 16.0. The fourth-order valence-electron chi connectivity index (χ4n) is 2.10. The van der Waals surface area contributed by atoms with Crippen molar-refractivity contribution in [2.24, 2.45) is 23.5 Å². The van der Waals surface area contributed by atoms with Crippen molar-refractivity contribution in [2.75, 3.05) is 23.7 Å². The second-order valence-corrected chi connectivity index (χ2v) is 5.96. The first-order valence-electron chi connectivity index (χ1n) is 7.45. The molecule has 0 bridgehead atoms. The fourth-order valence-corrected chi connectivity index (χ4v) is 2.10. The Morgan fingerprint density at radius 2 is 1.85 bits per heavy atom. The molecule has 0 aromatic heterocycles. The number of carbonyl (C=O) groups excluding carboxylic acids is 1. The van der Waals surface area contributed by atoms with Gasteiger partial charge < -0.3 is 16.4 Å². The molecule has 0 saturated heterocycles. The first-order chi connectivity index (χ1) is 9.60. The minimum atomic E-state index is 0.147. The molecular weight excluding hydrogens is 250 g/mol. The first-order valence-corrected chi connectivity index (χ1v) is 7.45. The molecular formula is C16H25N3O. The van der Waals surface area contributed by atoms with Gasteiger partial charge in [-0.1, -0.05) is 13.8 Å². The quantitative estimate of drug-likeness (QED) is 0.716. The predicted molar refractivity (Wildman–Crippen MR) is 83.7 cm³/mol. The summed E-state index contributed by atoms with van der Waals surface area (Å²) in [5, 5.41) is 6.34. The van der Waals surface area contributed by atoms with Crippen LogP contribution in [0.1, 0.15) is 26.7 Å². The molecule has 4 N–H and O–H groups in total. The van der Waals surface area contributed by atoms with Crippen LogP contribution in [0.2, 0.25) is 0 Å². The highest BCUT2D eigenvalue weighted by atomic mass is 16.2. The monoisotopic (exact) mass is 275 g/mol. The number of amides is 1. The number of nitrogens with two attached hydrogens (primary N) is 1. The smallest absolute Gasteiger partial charge is 0.227 e. The van der Waals surface area contributed by atoms with Crippen LogP contribution in [-0.2, 0) is 4.79 Å². The van der Waals surface area contributed by atoms with Crippen molar-refractivity contribution < 1.29 is 4.79 Å². The van der Waals surface area contributed by atoms with Gasteiger partial charge >= 0.3 is 0 Å². The number of carbonyl (C=O) groups is 1. The van der Waals surface area contributed by atoms with Crippen LogP contribution in [0.4, 0.5) is 11.4 Å². The molecule has 0 radical (unpaired) electrons. The SMILES string of the molecule is CC(C)C(CN)CNc1ccc(NC(=O)C2CC2)cc1. The number of nitrogens with one attached hydrogen (secondary N) is 2. The Morgan fingerprint density at radius 1 is 1.25 bits per heavy atom. The molecule has 0 spiro atoms. The number of hydrogen-bond donors (Lipinski definition) is 3. The van der Waals surface area contributed by atoms with Gasteiger partial charge in [0.2, 0.25) is 5.91 Å². The van der Waals surface area contributed by atoms with Gasteiger partial charge in [-0.2, -0.15) is 0 Å². The second-order valence-electron chi connectivity index (χ2n) is 5.96. The largest absolute Gasteiger partial charge is 0.385 e. The molecule has 1 aliphatic rings. The van der Waals surface area contributed by atoms with E-state index in [4.69, 9.17) is 5.73 Å². The highest BCUT2D eigenvalue weighted by Gasteiger charge is 2.29. The van der Waals surface area contributed by atoms with Crippen LogP contribution < -0.4 is 16.4 Å². The summed E-state index contributed by atoms with van der Waals surface area (Å²) in [6.07, 6.45) is 2.06. The van der Waals surface area contributed by atoms with Crippen LogP contribution in [0.3, 0.4) is 0 Å². The molecule has 110 valence electrons. The van der Waals surface area contributed by atoms with E-state index in [0.717, 1.165) is 30.8 Å². The maximum Gasteiger partial charge on any atom is 0.227 e. The topological polar surface area (TPSA) is 67.2 Å². The van der Waals surface area contributed by atoms with Gasteiger partial charge in [-0.25, -0.2) is 0 Å². The van der Waals surface area contributed by atoms with E-state index >= 15 is 0 Å². The lowest BCUT2D eigenvalue weighted by Gasteiger charge is -2.20. The van der Waals surface area contributed by atoms with Crippen molar-refractivity contribution in [1.29, 1.82) is 0 Å². The fraction of sp³-hybridized carbons (Fsp3) is 0.562. The summed E-state index contributed by atoms with van der Waals surface area (Å²) < 4.78 is 0. The van der Waals surface area contributed by atoms with Crippen LogP contribution in [-0.4, -0.2) is 19.0 Å². The summed E-state index contributed by atoms with van der Waals surface area (Å²) in [7, 11) is 0. The molecule has 1 fully saturated rings. The first kappa shape index (κ1) is 14.9. The third kappa shape index (κ3) is 4.23. The van der Waals surface area contributed by atoms with Gasteiger partial charge in [0.15, 0.2) is 0 Å². The Morgan fingerprint density at radius 3 is 2.35 bits per heavy atom. The Kier molecular flexibility index (Phi) is 5.01. The van der Waals surface area contributed by atoms with E-state index < -0.39 is 0 Å². The number of hydrogen-bond acceptors (Lipinski definition) is 3. The van der Waals surface area contributed by atoms with Crippen molar-refractivity contribution >= 4 is 17.3 Å². The maximum atomic E-state index is 11.6. The van der Waals surface area contributed by atoms with Gasteiger partial charge in [-0.3, -0.25) is 4.79 Å². The molecule has 20 heavy (non-hydrogen) atoms. The van der Waals surface area contributed by atoms with Crippen LogP contribution >= 0.6 is 0 Å². The lowest BCUT2D eigenvalue weighted by atomic mass is 9.96. The highest BCUT2D eigenvalue weighted by molar-refractivity contribution is 5.94. The molecule has 1 atom stereocenters. The maximum absolute atomic E-state index is 11.6. The summed E-state index contributed by atoms with van der Waals surface area (Å²) in [5.74, 6) is 1.44. The molecule has 1 aliphatic carbocycles. The van der Waals surface area contributed by atoms with Crippen molar-refractivity contribution in [2.45, 2.75) is 26.7 Å². The summed E-state index contributed by atoms with van der Waals surface area (Å²) in [5.41, 5.74) is 7.69. The number of anilines is 2. The zero-order valence-electron chi connectivity index (χ0n) is 12.4. The average molecular weight is 275 g/mol. The molecule has 1 unspecified atom stereocenters. The van der Waals surface area contributed by atoms with E-state index in [1.165, 1.54) is 0 Å². The third-order valence-electron chi connectivity index (χ3n) is 3.91. The van der Waals surface area contributed by atoms with Crippen LogP contribution in [0.15, 0.2) is 24.3 Å². The van der Waals surface area contributed by atoms with Crippen molar-refractivity contribution in [3.05, 3.63) is 24.3 Å². The van der Waals surface area contributed by atoms with Crippen molar-refractivity contribution in [1.82, 2.24) is 0 Å². The van der Waals surface area contributed by atoms with Crippen molar-refractivity contribution in [3.63, 3.8) is 0 Å². The number of rotatable bonds is 7. The Bertz CT molecular complexity index is 438. The Hall–Kier alpha value is -1.55. The van der Waals surface area contributed by atoms with E-state index in [9.17, 15) is 4.79 Å². The van der Waals surface area contributed by atoms with Gasteiger partial charge in [0.05, 0.1) is 0 Å². The molecule has 4 heteroatoms. The van der Waals surface area contributed by atoms with E-state index in [1.54, 1.807) is 0 Å². The minimum absolute atomic E-state index is 0.147. The zero-order chi connectivity index (χ0) is 14.5. The zero-order valence-corrected chi connectivity index (χ0v) is 12.4. The van der Waals surface area contributed by atoms with Crippen LogP contribution in [0.5, 0.6) is 0 Å². The molecule has 0 heterocycles. The van der Waals surface area contributed by atoms with E-state index in [0.29, 0.717) is 18.4 Å². The highest BCUT2D eigenvalue weighted by Crippen LogP contribution is 2.30. The Labute approximate surface area is 121 Å². The lowest BCUT2D eigenvalue weighted by Crippen LogP contribution is -2.27. The standard InChI is InChI=1S/C16H25N3O/c1-11(2)13(9-17)10-18-14-5-7-15(8-6-14)19-16(20)12-3-4-12/h5-8,11-13,18H,3-4,9-10,17H2,1-2H3,(H,19,20). The molecule has 1 saturated carbocycles.